The predicted octanol–water partition coefficient (Wildman–Crippen LogP) is 4.52. The van der Waals surface area contributed by atoms with Gasteiger partial charge in [0.1, 0.15) is 17.2 Å². The highest BCUT2D eigenvalue weighted by Crippen LogP contribution is 2.27. The van der Waals surface area contributed by atoms with Crippen molar-refractivity contribution in [2.45, 2.75) is 6.04 Å². The Morgan fingerprint density at radius 3 is 2.17 bits per heavy atom. The summed E-state index contributed by atoms with van der Waals surface area (Å²) in [5, 5.41) is 3.02. The van der Waals surface area contributed by atoms with Crippen molar-refractivity contribution in [1.82, 2.24) is 10.2 Å². The summed E-state index contributed by atoms with van der Waals surface area (Å²) < 4.78 is 11.3. The van der Waals surface area contributed by atoms with Crippen LogP contribution in [0.1, 0.15) is 22.0 Å². The minimum Gasteiger partial charge on any atom is -0.496 e. The third kappa shape index (κ3) is 5.36. The van der Waals surface area contributed by atoms with Crippen molar-refractivity contribution in [2.75, 3.05) is 27.7 Å². The van der Waals surface area contributed by atoms with Gasteiger partial charge in [0.2, 0.25) is 0 Å². The van der Waals surface area contributed by atoms with Crippen LogP contribution < -0.4 is 14.8 Å². The molecule has 0 aliphatic carbocycles. The minimum absolute atomic E-state index is 0.00390. The quantitative estimate of drug-likeness (QED) is 0.614. The van der Waals surface area contributed by atoms with E-state index in [0.29, 0.717) is 17.9 Å². The topological polar surface area (TPSA) is 50.8 Å². The van der Waals surface area contributed by atoms with Gasteiger partial charge in [-0.2, -0.15) is 0 Å². The number of benzene rings is 3. The molecule has 0 radical (unpaired) electrons. The molecule has 1 amide bonds. The zero-order valence-electron chi connectivity index (χ0n) is 17.0. The number of nitrogens with zero attached hydrogens (tertiary/aromatic N) is 1. The molecule has 150 valence electrons. The highest BCUT2D eigenvalue weighted by atomic mass is 16.5. The van der Waals surface area contributed by atoms with Gasteiger partial charge in [-0.25, -0.2) is 0 Å². The molecule has 0 fully saturated rings. The first kappa shape index (κ1) is 20.4. The fourth-order valence-electron chi connectivity index (χ4n) is 3.10. The SMILES string of the molecule is COc1ccccc1[C@H](CNC(=O)c1ccc(Oc2ccccc2)cc1)N(C)C. The first-order valence-corrected chi connectivity index (χ1v) is 9.49. The van der Waals surface area contributed by atoms with E-state index in [9.17, 15) is 4.79 Å². The van der Waals surface area contributed by atoms with Gasteiger partial charge in [-0.1, -0.05) is 36.4 Å². The third-order valence-corrected chi connectivity index (χ3v) is 4.67. The maximum Gasteiger partial charge on any atom is 0.251 e. The molecule has 5 heteroatoms. The van der Waals surface area contributed by atoms with Crippen LogP contribution in [-0.2, 0) is 0 Å². The van der Waals surface area contributed by atoms with Gasteiger partial charge in [0.05, 0.1) is 13.2 Å². The summed E-state index contributed by atoms with van der Waals surface area (Å²) in [5.74, 6) is 2.13. The molecule has 0 heterocycles. The third-order valence-electron chi connectivity index (χ3n) is 4.67. The minimum atomic E-state index is -0.127. The molecule has 3 aromatic carbocycles. The van der Waals surface area contributed by atoms with Crippen molar-refractivity contribution in [3.8, 4) is 17.2 Å². The molecule has 3 aromatic rings. The van der Waals surface area contributed by atoms with Crippen LogP contribution >= 0.6 is 0 Å². The number of methoxy groups -OCH3 is 1. The number of ether oxygens (including phenoxy) is 2. The van der Waals surface area contributed by atoms with Crippen molar-refractivity contribution in [3.63, 3.8) is 0 Å². The second-order valence-electron chi connectivity index (χ2n) is 6.87. The highest BCUT2D eigenvalue weighted by Gasteiger charge is 2.19. The maximum atomic E-state index is 12.6. The van der Waals surface area contributed by atoms with Crippen LogP contribution in [0.2, 0.25) is 0 Å². The van der Waals surface area contributed by atoms with Gasteiger partial charge in [-0.15, -0.1) is 0 Å². The van der Waals surface area contributed by atoms with Crippen molar-refractivity contribution < 1.29 is 14.3 Å². The molecule has 0 saturated carbocycles. The lowest BCUT2D eigenvalue weighted by atomic mass is 10.0. The highest BCUT2D eigenvalue weighted by molar-refractivity contribution is 5.94. The average Bonchev–Trinajstić information content (AvgIpc) is 2.75. The largest absolute Gasteiger partial charge is 0.496 e. The summed E-state index contributed by atoms with van der Waals surface area (Å²) >= 11 is 0. The number of amides is 1. The molecule has 0 aliphatic rings. The molecule has 1 atom stereocenters. The molecule has 0 aliphatic heterocycles. The van der Waals surface area contributed by atoms with E-state index < -0.39 is 0 Å². The van der Waals surface area contributed by atoms with Gasteiger partial charge < -0.3 is 19.7 Å². The summed E-state index contributed by atoms with van der Waals surface area (Å²) in [4.78, 5) is 14.7. The van der Waals surface area contributed by atoms with Gasteiger partial charge >= 0.3 is 0 Å². The van der Waals surface area contributed by atoms with E-state index in [1.165, 1.54) is 0 Å². The number of para-hydroxylation sites is 2. The Labute approximate surface area is 171 Å². The first-order chi connectivity index (χ1) is 14.1. The van der Waals surface area contributed by atoms with Crippen LogP contribution in [0.25, 0.3) is 0 Å². The van der Waals surface area contributed by atoms with Crippen molar-refractivity contribution in [3.05, 3.63) is 90.0 Å². The Bertz CT molecular complexity index is 924. The molecule has 1 N–H and O–H groups in total. The van der Waals surface area contributed by atoms with Crippen LogP contribution in [0.15, 0.2) is 78.9 Å². The van der Waals surface area contributed by atoms with E-state index in [1.807, 2.05) is 68.7 Å². The van der Waals surface area contributed by atoms with Crippen LogP contribution in [0, 0.1) is 0 Å². The number of likely N-dealkylation sites (N-methyl/N-ethyl adjacent to an activating group) is 1. The van der Waals surface area contributed by atoms with Crippen LogP contribution in [-0.4, -0.2) is 38.6 Å². The van der Waals surface area contributed by atoms with Gasteiger partial charge in [0.25, 0.3) is 5.91 Å². The van der Waals surface area contributed by atoms with Crippen LogP contribution in [0.3, 0.4) is 0 Å². The molecular formula is C24H26N2O3. The summed E-state index contributed by atoms with van der Waals surface area (Å²) in [5.41, 5.74) is 1.62. The second-order valence-corrected chi connectivity index (χ2v) is 6.87. The van der Waals surface area contributed by atoms with E-state index >= 15 is 0 Å². The lowest BCUT2D eigenvalue weighted by Crippen LogP contribution is -2.34. The summed E-state index contributed by atoms with van der Waals surface area (Å²) in [6.45, 7) is 0.467. The first-order valence-electron chi connectivity index (χ1n) is 9.49. The van der Waals surface area contributed by atoms with Gasteiger partial charge in [-0.05, 0) is 56.6 Å². The Balaban J connectivity index is 1.64. The number of carbonyl (C=O) groups is 1. The lowest BCUT2D eigenvalue weighted by Gasteiger charge is -2.26. The van der Waals surface area contributed by atoms with Gasteiger partial charge in [-0.3, -0.25) is 4.79 Å². The second kappa shape index (κ2) is 9.75. The standard InChI is InChI=1S/C24H26N2O3/c1-26(2)22(21-11-7-8-12-23(21)28-3)17-25-24(27)18-13-15-20(16-14-18)29-19-9-5-4-6-10-19/h4-16,22H,17H2,1-3H3,(H,25,27)/t22-/m0/s1. The van der Waals surface area contributed by atoms with Crippen molar-refractivity contribution in [1.29, 1.82) is 0 Å². The molecule has 29 heavy (non-hydrogen) atoms. The molecule has 3 rings (SSSR count). The van der Waals surface area contributed by atoms with Gasteiger partial charge in [0.15, 0.2) is 0 Å². The number of nitrogens with one attached hydrogen (secondary N) is 1. The van der Waals surface area contributed by atoms with E-state index in [4.69, 9.17) is 9.47 Å². The fourth-order valence-corrected chi connectivity index (χ4v) is 3.10. The maximum absolute atomic E-state index is 12.6. The summed E-state index contributed by atoms with van der Waals surface area (Å²) in [7, 11) is 5.63. The Morgan fingerprint density at radius 2 is 1.52 bits per heavy atom. The van der Waals surface area contributed by atoms with E-state index in [0.717, 1.165) is 17.1 Å². The monoisotopic (exact) mass is 390 g/mol. The zero-order valence-corrected chi connectivity index (χ0v) is 17.0. The molecule has 0 unspecified atom stereocenters. The van der Waals surface area contributed by atoms with E-state index in [-0.39, 0.29) is 11.9 Å². The molecular weight excluding hydrogens is 364 g/mol. The Kier molecular flexibility index (Phi) is 6.87. The van der Waals surface area contributed by atoms with E-state index in [2.05, 4.69) is 10.2 Å². The zero-order chi connectivity index (χ0) is 20.6. The number of rotatable bonds is 8. The number of hydrogen-bond donors (Lipinski definition) is 1. The molecule has 0 bridgehead atoms. The summed E-state index contributed by atoms with van der Waals surface area (Å²) in [6, 6.07) is 24.5. The van der Waals surface area contributed by atoms with Crippen LogP contribution in [0.5, 0.6) is 17.2 Å². The fraction of sp³-hybridized carbons (Fsp3) is 0.208. The molecule has 0 aromatic heterocycles. The average molecular weight is 390 g/mol. The Morgan fingerprint density at radius 1 is 0.897 bits per heavy atom. The molecule has 0 spiro atoms. The number of carbonyl (C=O) groups excluding carboxylic acids is 1. The van der Waals surface area contributed by atoms with Crippen LogP contribution in [0.4, 0.5) is 0 Å². The molecule has 0 saturated heterocycles. The normalized spacial score (nSPS) is 11.7. The number of hydrogen-bond acceptors (Lipinski definition) is 4. The van der Waals surface area contributed by atoms with Crippen molar-refractivity contribution in [2.24, 2.45) is 0 Å². The summed E-state index contributed by atoms with van der Waals surface area (Å²) in [6.07, 6.45) is 0. The predicted molar refractivity (Wildman–Crippen MR) is 115 cm³/mol. The molecule has 5 nitrogen and oxygen atoms in total. The Hall–Kier alpha value is -3.31. The van der Waals surface area contributed by atoms with E-state index in [1.54, 1.807) is 31.4 Å². The smallest absolute Gasteiger partial charge is 0.251 e. The lowest BCUT2D eigenvalue weighted by molar-refractivity contribution is 0.0941. The van der Waals surface area contributed by atoms with Crippen molar-refractivity contribution >= 4 is 5.91 Å². The van der Waals surface area contributed by atoms with Gasteiger partial charge in [0, 0.05) is 17.7 Å².